The summed E-state index contributed by atoms with van der Waals surface area (Å²) >= 11 is 6.26. The molecule has 3 heterocycles. The highest BCUT2D eigenvalue weighted by atomic mass is 35.5. The van der Waals surface area contributed by atoms with Gasteiger partial charge in [0.2, 0.25) is 0 Å². The second kappa shape index (κ2) is 9.06. The van der Waals surface area contributed by atoms with Crippen molar-refractivity contribution in [3.05, 3.63) is 82.4 Å². The summed E-state index contributed by atoms with van der Waals surface area (Å²) < 4.78 is 31.3. The van der Waals surface area contributed by atoms with Gasteiger partial charge in [0.25, 0.3) is 10.0 Å². The van der Waals surface area contributed by atoms with Crippen LogP contribution in [0.3, 0.4) is 0 Å². The number of rotatable bonds is 6. The molecule has 3 aromatic heterocycles. The van der Waals surface area contributed by atoms with E-state index in [1.165, 1.54) is 18.5 Å². The Morgan fingerprint density at radius 3 is 2.56 bits per heavy atom. The van der Waals surface area contributed by atoms with Crippen molar-refractivity contribution in [3.8, 4) is 34.1 Å². The Balaban J connectivity index is 1.55. The minimum Gasteiger partial charge on any atom is -0.507 e. The Morgan fingerprint density at radius 2 is 1.86 bits per heavy atom. The standard InChI is InChI=1S/C23H16ClN5O6S/c24-15-4-2-1-3-14(15)20-8-19(32)22-18(31)7-17(30)21(23(22)35-20)16-10-26-13(9-27-16)5-6-36(33,34)29-12-25-11-28-29/h1-4,7-12,30-31H,5-6H2. The molecule has 0 bridgehead atoms. The Morgan fingerprint density at radius 1 is 1.06 bits per heavy atom. The molecule has 0 saturated carbocycles. The van der Waals surface area contributed by atoms with Crippen LogP contribution < -0.4 is 5.43 Å². The van der Waals surface area contributed by atoms with Gasteiger partial charge in [0.15, 0.2) is 11.0 Å². The van der Waals surface area contributed by atoms with Crippen molar-refractivity contribution >= 4 is 32.6 Å². The molecular weight excluding hydrogens is 510 g/mol. The van der Waals surface area contributed by atoms with Gasteiger partial charge in [-0.05, 0) is 12.1 Å². The van der Waals surface area contributed by atoms with Gasteiger partial charge < -0.3 is 14.6 Å². The average molecular weight is 526 g/mol. The predicted molar refractivity (Wildman–Crippen MR) is 130 cm³/mol. The number of halogens is 1. The second-order valence-electron chi connectivity index (χ2n) is 7.68. The number of nitrogens with zero attached hydrogens (tertiary/aromatic N) is 5. The summed E-state index contributed by atoms with van der Waals surface area (Å²) in [5.74, 6) is -1.01. The SMILES string of the molecule is O=c1cc(-c2ccccc2Cl)oc2c(-c3cnc(CCS(=O)(=O)n4cncn4)cn3)c(O)cc(O)c12. The summed E-state index contributed by atoms with van der Waals surface area (Å²) in [6.45, 7) is 0. The summed E-state index contributed by atoms with van der Waals surface area (Å²) in [6.07, 6.45) is 4.92. The molecule has 0 unspecified atom stereocenters. The van der Waals surface area contributed by atoms with Crippen LogP contribution in [0.1, 0.15) is 5.69 Å². The second-order valence-corrected chi connectivity index (χ2v) is 10.0. The van der Waals surface area contributed by atoms with E-state index in [-0.39, 0.29) is 40.2 Å². The van der Waals surface area contributed by atoms with Crippen molar-refractivity contribution in [2.45, 2.75) is 6.42 Å². The number of phenolic OH excluding ortho intramolecular Hbond substituents is 2. The highest BCUT2D eigenvalue weighted by Gasteiger charge is 2.22. The molecule has 0 aliphatic rings. The van der Waals surface area contributed by atoms with Crippen molar-refractivity contribution in [2.24, 2.45) is 0 Å². The van der Waals surface area contributed by atoms with Gasteiger partial charge in [-0.25, -0.2) is 13.4 Å². The zero-order valence-corrected chi connectivity index (χ0v) is 19.8. The molecule has 36 heavy (non-hydrogen) atoms. The first-order valence-corrected chi connectivity index (χ1v) is 12.4. The van der Waals surface area contributed by atoms with Gasteiger partial charge in [0.05, 0.1) is 33.9 Å². The highest BCUT2D eigenvalue weighted by molar-refractivity contribution is 7.89. The van der Waals surface area contributed by atoms with Crippen LogP contribution in [0.25, 0.3) is 33.6 Å². The lowest BCUT2D eigenvalue weighted by Gasteiger charge is -2.11. The Bertz CT molecular complexity index is 1750. The molecule has 13 heteroatoms. The molecule has 0 radical (unpaired) electrons. The van der Waals surface area contributed by atoms with Crippen LogP contribution in [0.2, 0.25) is 5.02 Å². The number of benzene rings is 2. The van der Waals surface area contributed by atoms with Gasteiger partial charge in [0.1, 0.15) is 35.3 Å². The number of aromatic hydroxyl groups is 2. The van der Waals surface area contributed by atoms with E-state index in [0.717, 1.165) is 22.8 Å². The largest absolute Gasteiger partial charge is 0.507 e. The molecular formula is C23H16ClN5O6S. The van der Waals surface area contributed by atoms with Crippen molar-refractivity contribution < 1.29 is 23.0 Å². The highest BCUT2D eigenvalue weighted by Crippen LogP contribution is 2.40. The van der Waals surface area contributed by atoms with E-state index in [1.807, 2.05) is 0 Å². The molecule has 182 valence electrons. The monoisotopic (exact) mass is 525 g/mol. The summed E-state index contributed by atoms with van der Waals surface area (Å²) in [7, 11) is -3.71. The van der Waals surface area contributed by atoms with Crippen LogP contribution in [0.4, 0.5) is 0 Å². The van der Waals surface area contributed by atoms with E-state index in [9.17, 15) is 23.4 Å². The average Bonchev–Trinajstić information content (AvgIpc) is 3.39. The molecule has 0 amide bonds. The number of hydrogen-bond donors (Lipinski definition) is 2. The topological polar surface area (TPSA) is 161 Å². The van der Waals surface area contributed by atoms with Gasteiger partial charge in [-0.3, -0.25) is 14.8 Å². The maximum absolute atomic E-state index is 12.9. The fourth-order valence-electron chi connectivity index (χ4n) is 3.62. The third kappa shape index (κ3) is 4.27. The predicted octanol–water partition coefficient (Wildman–Crippen LogP) is 2.99. The number of fused-ring (bicyclic) bond motifs is 1. The van der Waals surface area contributed by atoms with Crippen LogP contribution in [0, 0.1) is 0 Å². The third-order valence-electron chi connectivity index (χ3n) is 5.36. The van der Waals surface area contributed by atoms with E-state index < -0.39 is 27.0 Å². The van der Waals surface area contributed by atoms with E-state index in [1.54, 1.807) is 24.3 Å². The Hall–Kier alpha value is -4.29. The Kier molecular flexibility index (Phi) is 5.90. The zero-order chi connectivity index (χ0) is 25.4. The van der Waals surface area contributed by atoms with Crippen LogP contribution in [-0.4, -0.2) is 48.5 Å². The van der Waals surface area contributed by atoms with Crippen LogP contribution in [0.5, 0.6) is 11.5 Å². The fraction of sp³-hybridized carbons (Fsp3) is 0.0870. The number of aryl methyl sites for hydroxylation is 1. The smallest absolute Gasteiger partial charge is 0.255 e. The lowest BCUT2D eigenvalue weighted by molar-refractivity contribution is 0.453. The molecule has 0 aliphatic carbocycles. The minimum atomic E-state index is -3.71. The summed E-state index contributed by atoms with van der Waals surface area (Å²) in [5.41, 5.74) is 0.326. The van der Waals surface area contributed by atoms with Crippen molar-refractivity contribution in [1.82, 2.24) is 24.1 Å². The van der Waals surface area contributed by atoms with Gasteiger partial charge in [-0.2, -0.15) is 0 Å². The first-order chi connectivity index (χ1) is 17.2. The van der Waals surface area contributed by atoms with Gasteiger partial charge >= 0.3 is 0 Å². The first kappa shape index (κ1) is 23.5. The summed E-state index contributed by atoms with van der Waals surface area (Å²) in [5, 5.41) is 24.8. The van der Waals surface area contributed by atoms with Crippen molar-refractivity contribution in [1.29, 1.82) is 0 Å². The lowest BCUT2D eigenvalue weighted by atomic mass is 10.0. The maximum atomic E-state index is 12.9. The normalized spacial score (nSPS) is 11.7. The minimum absolute atomic E-state index is 0.0306. The van der Waals surface area contributed by atoms with E-state index in [2.05, 4.69) is 20.1 Å². The van der Waals surface area contributed by atoms with E-state index >= 15 is 0 Å². The molecule has 5 rings (SSSR count). The molecule has 0 saturated heterocycles. The molecule has 2 aromatic carbocycles. The lowest BCUT2D eigenvalue weighted by Crippen LogP contribution is -2.19. The van der Waals surface area contributed by atoms with E-state index in [4.69, 9.17) is 16.0 Å². The first-order valence-electron chi connectivity index (χ1n) is 10.4. The molecule has 0 fully saturated rings. The molecule has 2 N–H and O–H groups in total. The van der Waals surface area contributed by atoms with Crippen LogP contribution in [-0.2, 0) is 16.4 Å². The molecule has 0 atom stereocenters. The molecule has 5 aromatic rings. The molecule has 11 nitrogen and oxygen atoms in total. The number of phenols is 2. The fourth-order valence-corrected chi connectivity index (χ4v) is 4.89. The summed E-state index contributed by atoms with van der Waals surface area (Å²) in [6, 6.07) is 8.96. The molecule has 0 aliphatic heterocycles. The van der Waals surface area contributed by atoms with E-state index in [0.29, 0.717) is 16.3 Å². The quantitative estimate of drug-likeness (QED) is 0.337. The van der Waals surface area contributed by atoms with Gasteiger partial charge in [-0.15, -0.1) is 9.19 Å². The summed E-state index contributed by atoms with van der Waals surface area (Å²) in [4.78, 5) is 25.0. The third-order valence-corrected chi connectivity index (χ3v) is 7.17. The molecule has 0 spiro atoms. The van der Waals surface area contributed by atoms with Crippen LogP contribution in [0.15, 0.2) is 70.7 Å². The zero-order valence-electron chi connectivity index (χ0n) is 18.2. The number of hydrogen-bond acceptors (Lipinski definition) is 10. The van der Waals surface area contributed by atoms with Gasteiger partial charge in [-0.1, -0.05) is 23.7 Å². The van der Waals surface area contributed by atoms with Crippen molar-refractivity contribution in [3.63, 3.8) is 0 Å². The van der Waals surface area contributed by atoms with Crippen molar-refractivity contribution in [2.75, 3.05) is 5.75 Å². The van der Waals surface area contributed by atoms with Crippen LogP contribution >= 0.6 is 11.6 Å². The number of aromatic nitrogens is 5. The maximum Gasteiger partial charge on any atom is 0.255 e. The Labute approximate surface area is 208 Å². The van der Waals surface area contributed by atoms with Gasteiger partial charge in [0, 0.05) is 30.3 Å².